The molecule has 7 N–H and O–H groups in total. The third kappa shape index (κ3) is 36.9. The minimum absolute atomic E-state index is 0. The van der Waals surface area contributed by atoms with Gasteiger partial charge in [0, 0.05) is 49.4 Å². The number of halogens is 2. The first kappa shape index (κ1) is 82.8. The Morgan fingerprint density at radius 3 is 1.29 bits per heavy atom. The van der Waals surface area contributed by atoms with Crippen molar-refractivity contribution in [1.82, 2.24) is 55.1 Å². The number of thioether (sulfide) groups is 1. The van der Waals surface area contributed by atoms with E-state index in [1.165, 1.54) is 171 Å². The number of aliphatic hydroxyl groups excluding tert-OH is 1. The van der Waals surface area contributed by atoms with E-state index < -0.39 is 9.84 Å². The van der Waals surface area contributed by atoms with Gasteiger partial charge < -0.3 is 51.4 Å². The summed E-state index contributed by atoms with van der Waals surface area (Å²) in [6.45, 7) is 26.5. The lowest BCUT2D eigenvalue weighted by Gasteiger charge is -2.31. The molecule has 11 heterocycles. The SMILES string of the molecule is CC1CCN(C)CC1.CC1CCN(C)CC1.CC1CCNCC1.CC1CCNCC1.CN1CCC(O)CC1.CS(=O)(=O)C1CCN(Cc2ccnc(Nc3ncc(C#N)s3)c2)CC1.CSC1CCN(C)CC1.Cl.N#Cc1cnc(Nc2cc(CCl)ccn2)s1.O. The van der Waals surface area contributed by atoms with Crippen LogP contribution in [0.5, 0.6) is 0 Å². The maximum atomic E-state index is 11.6. The smallest absolute Gasteiger partial charge is 0.189 e. The molecule has 11 rings (SSSR count). The van der Waals surface area contributed by atoms with Crippen molar-refractivity contribution in [3.63, 3.8) is 0 Å². The highest BCUT2D eigenvalue weighted by Crippen LogP contribution is 2.25. The van der Waals surface area contributed by atoms with E-state index in [-0.39, 0.29) is 29.2 Å². The number of nitriles is 2. The predicted molar refractivity (Wildman–Crippen MR) is 383 cm³/mol. The molecule has 7 aliphatic heterocycles. The molecule has 90 heavy (non-hydrogen) atoms. The van der Waals surface area contributed by atoms with Crippen molar-refractivity contribution in [1.29, 1.82) is 10.5 Å². The summed E-state index contributed by atoms with van der Waals surface area (Å²) in [4.78, 5) is 29.4. The number of hydrogen-bond acceptors (Lipinski definition) is 21. The third-order valence-electron chi connectivity index (χ3n) is 17.0. The molecule has 7 fully saturated rings. The number of pyridine rings is 2. The fourth-order valence-corrected chi connectivity index (χ4v) is 13.6. The molecule has 4 aromatic rings. The van der Waals surface area contributed by atoms with E-state index in [9.17, 15) is 8.42 Å². The second-order valence-electron chi connectivity index (χ2n) is 25.2. The molecule has 7 saturated heterocycles. The van der Waals surface area contributed by atoms with Crippen LogP contribution in [-0.2, 0) is 22.3 Å². The molecule has 19 nitrogen and oxygen atoms in total. The topological polar surface area (TPSA) is 249 Å². The second kappa shape index (κ2) is 47.5. The van der Waals surface area contributed by atoms with Crippen LogP contribution < -0.4 is 21.3 Å². The number of anilines is 4. The Balaban J connectivity index is 0.000000369. The van der Waals surface area contributed by atoms with Gasteiger partial charge in [-0.2, -0.15) is 22.3 Å². The summed E-state index contributed by atoms with van der Waals surface area (Å²) in [5.41, 5.74) is 2.09. The van der Waals surface area contributed by atoms with Crippen molar-refractivity contribution in [3.8, 4) is 12.1 Å². The van der Waals surface area contributed by atoms with Crippen LogP contribution in [-0.4, -0.2) is 212 Å². The number of nitrogens with zero attached hydrogens (tertiary/aromatic N) is 11. The molecule has 0 unspecified atom stereocenters. The first-order valence-corrected chi connectivity index (χ1v) is 37.6. The number of sulfone groups is 1. The first-order chi connectivity index (χ1) is 42.2. The molecule has 0 aromatic carbocycles. The summed E-state index contributed by atoms with van der Waals surface area (Å²) in [6, 6.07) is 11.7. The van der Waals surface area contributed by atoms with E-state index >= 15 is 0 Å². The lowest BCUT2D eigenvalue weighted by atomic mass is 10.00. The van der Waals surface area contributed by atoms with Gasteiger partial charge in [0.2, 0.25) is 0 Å². The van der Waals surface area contributed by atoms with E-state index in [0.717, 1.165) is 85.6 Å². The van der Waals surface area contributed by atoms with Gasteiger partial charge in [0.25, 0.3) is 0 Å². The Kier molecular flexibility index (Phi) is 43.7. The van der Waals surface area contributed by atoms with Crippen molar-refractivity contribution >= 4 is 90.2 Å². The monoisotopic (exact) mass is 1370 g/mol. The van der Waals surface area contributed by atoms with Gasteiger partial charge in [-0.05, 0) is 262 Å². The number of nitrogens with one attached hydrogen (secondary N) is 4. The Hall–Kier alpha value is -3.34. The highest BCUT2D eigenvalue weighted by molar-refractivity contribution is 7.99. The van der Waals surface area contributed by atoms with Crippen molar-refractivity contribution in [3.05, 3.63) is 69.9 Å². The number of aliphatic hydroxyl groups is 1. The van der Waals surface area contributed by atoms with Gasteiger partial charge >= 0.3 is 0 Å². The fourth-order valence-electron chi connectivity index (χ4n) is 10.4. The standard InChI is InChI=1S/C16H19N5O2S2.C10H7ClN4S.C7H15NS.2C7H15N.C6H13NO.2C6H13N.ClH.H2O/c1-25(22,23)14-3-6-21(7-4-14)11-12-2-5-18-15(8-12)20-16-19-10-13(9-17)24-16;11-4-7-1-2-13-9(3-7)15-10-14-6-8(5-12)16-10;1-8-5-3-7(9-2)4-6-8;2*1-7-3-5-8(2)6-4-7;1-7-4-2-6(8)3-5-7;2*1-6-2-4-7-5-3-6;;/h2,5,8,10,14H,3-4,6-7,11H2,1H3,(H,18,19,20);1-3,6H,4H2,(H,13,14,15);7H,3-6H2,1-2H3;2*7H,3-6H2,1-2H3;6,8H,2-5H2,1H3;2*6-7H,2-5H2,1H3;1H;1H2. The highest BCUT2D eigenvalue weighted by atomic mass is 35.5. The predicted octanol–water partition coefficient (Wildman–Crippen LogP) is 10.9. The molecule has 0 aliphatic carbocycles. The quantitative estimate of drug-likeness (QED) is 0.0977. The molecule has 0 saturated carbocycles. The molecule has 0 amide bonds. The minimum Gasteiger partial charge on any atom is -0.412 e. The van der Waals surface area contributed by atoms with Crippen molar-refractivity contribution < 1.29 is 19.0 Å². The number of aromatic nitrogens is 4. The Morgan fingerprint density at radius 1 is 0.600 bits per heavy atom. The van der Waals surface area contributed by atoms with Crippen molar-refractivity contribution in [2.24, 2.45) is 23.7 Å². The number of piperidine rings is 7. The van der Waals surface area contributed by atoms with E-state index in [2.05, 4.69) is 134 Å². The molecule has 4 aromatic heterocycles. The Morgan fingerprint density at radius 2 is 0.967 bits per heavy atom. The minimum atomic E-state index is -2.94. The summed E-state index contributed by atoms with van der Waals surface area (Å²) in [6.07, 6.45) is 27.1. The molecule has 25 heteroatoms. The maximum absolute atomic E-state index is 11.6. The number of thiazole rings is 2. The number of alkyl halides is 1. The van der Waals surface area contributed by atoms with Crippen molar-refractivity contribution in [2.75, 3.05) is 143 Å². The third-order valence-corrected chi connectivity index (χ3v) is 21.8. The van der Waals surface area contributed by atoms with Crippen LogP contribution in [0.3, 0.4) is 0 Å². The zero-order chi connectivity index (χ0) is 64.1. The maximum Gasteiger partial charge on any atom is 0.189 e. The van der Waals surface area contributed by atoms with Gasteiger partial charge in [0.1, 0.15) is 43.4 Å². The lowest BCUT2D eigenvalue weighted by Crippen LogP contribution is -2.38. The van der Waals surface area contributed by atoms with Gasteiger partial charge in [-0.25, -0.2) is 28.4 Å². The molecule has 0 bridgehead atoms. The van der Waals surface area contributed by atoms with Gasteiger partial charge in [0.05, 0.1) is 23.7 Å². The van der Waals surface area contributed by atoms with Crippen LogP contribution in [0.15, 0.2) is 49.1 Å². The van der Waals surface area contributed by atoms with Gasteiger partial charge in [0.15, 0.2) is 10.3 Å². The Bertz CT molecular complexity index is 2560. The average molecular weight is 1370 g/mol. The van der Waals surface area contributed by atoms with E-state index in [4.69, 9.17) is 27.2 Å². The van der Waals surface area contributed by atoms with Crippen LogP contribution in [0.4, 0.5) is 21.9 Å². The van der Waals surface area contributed by atoms with Crippen LogP contribution >= 0.6 is 58.4 Å². The first-order valence-electron chi connectivity index (χ1n) is 32.2. The average Bonchev–Trinajstić information content (AvgIpc) is 4.27. The highest BCUT2D eigenvalue weighted by Gasteiger charge is 2.27. The molecule has 7 aliphatic rings. The van der Waals surface area contributed by atoms with Crippen LogP contribution in [0.2, 0.25) is 0 Å². The summed E-state index contributed by atoms with van der Waals surface area (Å²) < 4.78 is 23.3. The molecule has 510 valence electrons. The molecule has 0 spiro atoms. The van der Waals surface area contributed by atoms with E-state index in [0.29, 0.717) is 50.4 Å². The normalized spacial score (nSPS) is 19.7. The van der Waals surface area contributed by atoms with Crippen LogP contribution in [0, 0.1) is 46.3 Å². The summed E-state index contributed by atoms with van der Waals surface area (Å²) in [5, 5.41) is 41.3. The van der Waals surface area contributed by atoms with Crippen LogP contribution in [0.25, 0.3) is 0 Å². The van der Waals surface area contributed by atoms with Gasteiger partial charge in [-0.3, -0.25) is 4.90 Å². The van der Waals surface area contributed by atoms with Crippen LogP contribution in [0.1, 0.15) is 138 Å². The van der Waals surface area contributed by atoms with Gasteiger partial charge in [-0.1, -0.05) is 50.4 Å². The lowest BCUT2D eigenvalue weighted by molar-refractivity contribution is 0.0942. The number of likely N-dealkylation sites (tertiary alicyclic amines) is 5. The Labute approximate surface area is 566 Å². The number of hydrogen-bond donors (Lipinski definition) is 5. The van der Waals surface area contributed by atoms with Crippen molar-refractivity contribution in [2.45, 2.75) is 147 Å². The summed E-state index contributed by atoms with van der Waals surface area (Å²) in [7, 11) is 5.76. The summed E-state index contributed by atoms with van der Waals surface area (Å²) >= 11 is 10.3. The zero-order valence-electron chi connectivity index (χ0n) is 56.0. The molecular weight excluding hydrogens is 1250 g/mol. The number of rotatable bonds is 9. The molecule has 0 radical (unpaired) electrons. The molecular formula is C65H113Cl2N15O4S4. The van der Waals surface area contributed by atoms with E-state index in [1.54, 1.807) is 12.4 Å². The fraction of sp³-hybridized carbons (Fsp3) is 0.723. The molecule has 0 atom stereocenters. The zero-order valence-corrected chi connectivity index (χ0v) is 60.8. The summed E-state index contributed by atoms with van der Waals surface area (Å²) in [5.74, 6) is 5.71. The largest absolute Gasteiger partial charge is 0.412 e. The van der Waals surface area contributed by atoms with Gasteiger partial charge in [-0.15, -0.1) is 24.0 Å². The van der Waals surface area contributed by atoms with E-state index in [1.807, 2.05) is 42.1 Å². The second-order valence-corrected chi connectivity index (χ2v) is 31.0.